The van der Waals surface area contributed by atoms with E-state index in [0.717, 1.165) is 48.9 Å². The second-order valence-corrected chi connectivity index (χ2v) is 6.59. The molecule has 3 rings (SSSR count). The predicted octanol–water partition coefficient (Wildman–Crippen LogP) is 3.11. The van der Waals surface area contributed by atoms with Gasteiger partial charge in [0.2, 0.25) is 5.91 Å². The highest BCUT2D eigenvalue weighted by Crippen LogP contribution is 2.20. The number of nitrogens with one attached hydrogen (secondary N) is 1. The molecule has 1 amide bonds. The first-order valence-corrected chi connectivity index (χ1v) is 8.56. The number of halogens is 1. The Morgan fingerprint density at radius 3 is 2.83 bits per heavy atom. The number of anilines is 1. The summed E-state index contributed by atoms with van der Waals surface area (Å²) in [6.45, 7) is 1.80. The number of nitrogens with zero attached hydrogens (tertiary/aromatic N) is 2. The van der Waals surface area contributed by atoms with Crippen LogP contribution in [0.2, 0.25) is 5.02 Å². The molecule has 0 fully saturated rings. The molecular weight excluding hydrogens is 326 g/mol. The Morgan fingerprint density at radius 2 is 2.04 bits per heavy atom. The van der Waals surface area contributed by atoms with E-state index in [2.05, 4.69) is 10.4 Å². The standard InChI is InChI=1S/C18H20ClN3O2/c1-12-7-8-14(10-15(12)19)20-17(23)11-22-18(24)9-13-5-3-2-4-6-16(13)21-22/h7-10H,2-6,11H2,1H3,(H,20,23). The van der Waals surface area contributed by atoms with Gasteiger partial charge in [-0.15, -0.1) is 0 Å². The highest BCUT2D eigenvalue weighted by Gasteiger charge is 2.14. The number of amides is 1. The van der Waals surface area contributed by atoms with Crippen molar-refractivity contribution in [3.63, 3.8) is 0 Å². The Hall–Kier alpha value is -2.14. The number of benzene rings is 1. The first-order chi connectivity index (χ1) is 11.5. The summed E-state index contributed by atoms with van der Waals surface area (Å²) in [5.41, 5.74) is 3.29. The number of carbonyl (C=O) groups excluding carboxylic acids is 1. The molecule has 1 aliphatic rings. The maximum absolute atomic E-state index is 12.2. The van der Waals surface area contributed by atoms with Crippen molar-refractivity contribution in [2.24, 2.45) is 0 Å². The average Bonchev–Trinajstić information content (AvgIpc) is 2.76. The van der Waals surface area contributed by atoms with Crippen LogP contribution in [0.3, 0.4) is 0 Å². The number of hydrogen-bond donors (Lipinski definition) is 1. The summed E-state index contributed by atoms with van der Waals surface area (Å²) >= 11 is 6.06. The largest absolute Gasteiger partial charge is 0.324 e. The van der Waals surface area contributed by atoms with Crippen LogP contribution >= 0.6 is 11.6 Å². The Bertz CT molecular complexity index is 829. The average molecular weight is 346 g/mol. The zero-order chi connectivity index (χ0) is 17.1. The molecule has 0 aliphatic heterocycles. The van der Waals surface area contributed by atoms with E-state index < -0.39 is 0 Å². The normalized spacial score (nSPS) is 13.9. The SMILES string of the molecule is Cc1ccc(NC(=O)Cn2nc3c(cc2=O)CCCCC3)cc1Cl. The van der Waals surface area contributed by atoms with Crippen molar-refractivity contribution in [2.45, 2.75) is 45.6 Å². The summed E-state index contributed by atoms with van der Waals surface area (Å²) in [7, 11) is 0. The first kappa shape index (κ1) is 16.7. The topological polar surface area (TPSA) is 64.0 Å². The lowest BCUT2D eigenvalue weighted by molar-refractivity contribution is -0.117. The second-order valence-electron chi connectivity index (χ2n) is 6.18. The second kappa shape index (κ2) is 7.18. The number of aromatic nitrogens is 2. The highest BCUT2D eigenvalue weighted by molar-refractivity contribution is 6.31. The molecule has 0 bridgehead atoms. The molecule has 5 nitrogen and oxygen atoms in total. The van der Waals surface area contributed by atoms with Gasteiger partial charge >= 0.3 is 0 Å². The third kappa shape index (κ3) is 3.85. The molecule has 0 unspecified atom stereocenters. The van der Waals surface area contributed by atoms with Crippen molar-refractivity contribution >= 4 is 23.2 Å². The van der Waals surface area contributed by atoms with Gasteiger partial charge in [-0.3, -0.25) is 9.59 Å². The van der Waals surface area contributed by atoms with E-state index in [4.69, 9.17) is 11.6 Å². The minimum Gasteiger partial charge on any atom is -0.324 e. The van der Waals surface area contributed by atoms with Crippen molar-refractivity contribution in [2.75, 3.05) is 5.32 Å². The van der Waals surface area contributed by atoms with E-state index in [1.165, 1.54) is 4.68 Å². The molecule has 0 atom stereocenters. The van der Waals surface area contributed by atoms with Gasteiger partial charge in [-0.25, -0.2) is 4.68 Å². The summed E-state index contributed by atoms with van der Waals surface area (Å²) in [5.74, 6) is -0.293. The third-order valence-electron chi connectivity index (χ3n) is 4.27. The number of rotatable bonds is 3. The van der Waals surface area contributed by atoms with Crippen LogP contribution < -0.4 is 10.9 Å². The number of fused-ring (bicyclic) bond motifs is 1. The molecular formula is C18H20ClN3O2. The predicted molar refractivity (Wildman–Crippen MR) is 94.6 cm³/mol. The van der Waals surface area contributed by atoms with Crippen LogP contribution in [-0.2, 0) is 24.2 Å². The summed E-state index contributed by atoms with van der Waals surface area (Å²) in [6.07, 6.45) is 5.08. The lowest BCUT2D eigenvalue weighted by Crippen LogP contribution is -2.30. The molecule has 1 aliphatic carbocycles. The lowest BCUT2D eigenvalue weighted by atomic mass is 10.1. The van der Waals surface area contributed by atoms with Crippen LogP contribution in [0.4, 0.5) is 5.69 Å². The van der Waals surface area contributed by atoms with E-state index in [9.17, 15) is 9.59 Å². The molecule has 0 spiro atoms. The fourth-order valence-electron chi connectivity index (χ4n) is 2.90. The molecule has 6 heteroatoms. The smallest absolute Gasteiger partial charge is 0.267 e. The van der Waals surface area contributed by atoms with Gasteiger partial charge in [0.05, 0.1) is 5.69 Å². The van der Waals surface area contributed by atoms with E-state index in [1.807, 2.05) is 13.0 Å². The first-order valence-electron chi connectivity index (χ1n) is 8.19. The molecule has 1 aromatic heterocycles. The molecule has 1 aromatic carbocycles. The fraction of sp³-hybridized carbons (Fsp3) is 0.389. The number of hydrogen-bond acceptors (Lipinski definition) is 3. The Labute approximate surface area is 145 Å². The fourth-order valence-corrected chi connectivity index (χ4v) is 3.08. The monoisotopic (exact) mass is 345 g/mol. The van der Waals surface area contributed by atoms with Gasteiger partial charge in [-0.1, -0.05) is 24.1 Å². The molecule has 1 heterocycles. The molecule has 1 N–H and O–H groups in total. The van der Waals surface area contributed by atoms with Crippen LogP contribution in [0.25, 0.3) is 0 Å². The van der Waals surface area contributed by atoms with E-state index in [1.54, 1.807) is 18.2 Å². The molecule has 0 radical (unpaired) electrons. The van der Waals surface area contributed by atoms with Crippen molar-refractivity contribution in [3.8, 4) is 0 Å². The Kier molecular flexibility index (Phi) is 5.00. The van der Waals surface area contributed by atoms with Crippen LogP contribution in [0.15, 0.2) is 29.1 Å². The van der Waals surface area contributed by atoms with Crippen molar-refractivity contribution < 1.29 is 4.79 Å². The number of aryl methyl sites for hydroxylation is 3. The lowest BCUT2D eigenvalue weighted by Gasteiger charge is -2.10. The molecule has 2 aromatic rings. The van der Waals surface area contributed by atoms with Crippen molar-refractivity contribution in [1.29, 1.82) is 0 Å². The molecule has 0 saturated heterocycles. The van der Waals surface area contributed by atoms with Gasteiger partial charge in [0.25, 0.3) is 5.56 Å². The van der Waals surface area contributed by atoms with Crippen LogP contribution in [0.5, 0.6) is 0 Å². The zero-order valence-corrected chi connectivity index (χ0v) is 14.4. The van der Waals surface area contributed by atoms with Gasteiger partial charge in [-0.05, 0) is 55.9 Å². The van der Waals surface area contributed by atoms with Crippen molar-refractivity contribution in [3.05, 3.63) is 56.5 Å². The van der Waals surface area contributed by atoms with Crippen molar-refractivity contribution in [1.82, 2.24) is 9.78 Å². The summed E-state index contributed by atoms with van der Waals surface area (Å²) in [5, 5.41) is 7.75. The third-order valence-corrected chi connectivity index (χ3v) is 4.68. The number of carbonyl (C=O) groups is 1. The maximum Gasteiger partial charge on any atom is 0.267 e. The van der Waals surface area contributed by atoms with Crippen LogP contribution in [-0.4, -0.2) is 15.7 Å². The van der Waals surface area contributed by atoms with Gasteiger partial charge in [0.15, 0.2) is 0 Å². The van der Waals surface area contributed by atoms with Gasteiger partial charge in [0, 0.05) is 16.8 Å². The van der Waals surface area contributed by atoms with Gasteiger partial charge in [0.1, 0.15) is 6.54 Å². The maximum atomic E-state index is 12.2. The quantitative estimate of drug-likeness (QED) is 0.869. The minimum absolute atomic E-state index is 0.0996. The highest BCUT2D eigenvalue weighted by atomic mass is 35.5. The van der Waals surface area contributed by atoms with E-state index >= 15 is 0 Å². The Balaban J connectivity index is 1.75. The summed E-state index contributed by atoms with van der Waals surface area (Å²) in [4.78, 5) is 24.4. The molecule has 0 saturated carbocycles. The van der Waals surface area contributed by atoms with Crippen LogP contribution in [0.1, 0.15) is 36.1 Å². The summed E-state index contributed by atoms with van der Waals surface area (Å²) in [6, 6.07) is 6.95. The van der Waals surface area contributed by atoms with Crippen LogP contribution in [0, 0.1) is 6.92 Å². The minimum atomic E-state index is -0.293. The molecule has 24 heavy (non-hydrogen) atoms. The molecule has 126 valence electrons. The zero-order valence-electron chi connectivity index (χ0n) is 13.6. The van der Waals surface area contributed by atoms with E-state index in [-0.39, 0.29) is 18.0 Å². The van der Waals surface area contributed by atoms with Gasteiger partial charge in [-0.2, -0.15) is 5.10 Å². The Morgan fingerprint density at radius 1 is 1.25 bits per heavy atom. The van der Waals surface area contributed by atoms with E-state index in [0.29, 0.717) is 10.7 Å². The van der Waals surface area contributed by atoms with Gasteiger partial charge < -0.3 is 5.32 Å². The summed E-state index contributed by atoms with van der Waals surface area (Å²) < 4.78 is 1.25.